The van der Waals surface area contributed by atoms with Crippen molar-refractivity contribution in [2.75, 3.05) is 13.2 Å². The van der Waals surface area contributed by atoms with Gasteiger partial charge in [0.2, 0.25) is 0 Å². The monoisotopic (exact) mass is 198 g/mol. The van der Waals surface area contributed by atoms with E-state index in [9.17, 15) is 0 Å². The van der Waals surface area contributed by atoms with Gasteiger partial charge in [0.05, 0.1) is 13.2 Å². The van der Waals surface area contributed by atoms with Crippen molar-refractivity contribution in [3.8, 4) is 0 Å². The molecule has 2 heteroatoms. The van der Waals surface area contributed by atoms with E-state index in [-0.39, 0.29) is 6.29 Å². The quantitative estimate of drug-likeness (QED) is 0.645. The van der Waals surface area contributed by atoms with Crippen LogP contribution in [0, 0.1) is 17.8 Å². The van der Waals surface area contributed by atoms with Gasteiger partial charge in [0.1, 0.15) is 0 Å². The van der Waals surface area contributed by atoms with Gasteiger partial charge in [-0.1, -0.05) is 19.8 Å². The highest BCUT2D eigenvalue weighted by atomic mass is 16.7. The van der Waals surface area contributed by atoms with E-state index in [1.807, 2.05) is 6.92 Å². The van der Waals surface area contributed by atoms with Crippen LogP contribution in [0.5, 0.6) is 0 Å². The maximum atomic E-state index is 5.56. The fourth-order valence-corrected chi connectivity index (χ4v) is 2.80. The summed E-state index contributed by atoms with van der Waals surface area (Å²) >= 11 is 0. The Kier molecular flexibility index (Phi) is 3.45. The molecule has 0 bridgehead atoms. The summed E-state index contributed by atoms with van der Waals surface area (Å²) in [4.78, 5) is 0. The number of hydrogen-bond acceptors (Lipinski definition) is 2. The highest BCUT2D eigenvalue weighted by molar-refractivity contribution is 4.78. The zero-order chi connectivity index (χ0) is 9.97. The smallest absolute Gasteiger partial charge is 0.154 e. The second-order valence-electron chi connectivity index (χ2n) is 5.03. The lowest BCUT2D eigenvalue weighted by Crippen LogP contribution is -2.36. The molecule has 1 aliphatic carbocycles. The van der Waals surface area contributed by atoms with E-state index < -0.39 is 0 Å². The first kappa shape index (κ1) is 10.4. The summed E-state index contributed by atoms with van der Waals surface area (Å²) in [6.07, 6.45) is 5.61. The fourth-order valence-electron chi connectivity index (χ4n) is 2.80. The summed E-state index contributed by atoms with van der Waals surface area (Å²) in [5.41, 5.74) is 0. The average Bonchev–Trinajstić information content (AvgIpc) is 2.19. The van der Waals surface area contributed by atoms with Crippen LogP contribution in [0.3, 0.4) is 0 Å². The minimum Gasteiger partial charge on any atom is -0.353 e. The van der Waals surface area contributed by atoms with Crippen LogP contribution in [0.2, 0.25) is 0 Å². The van der Waals surface area contributed by atoms with E-state index in [0.717, 1.165) is 25.0 Å². The highest BCUT2D eigenvalue weighted by Crippen LogP contribution is 2.35. The zero-order valence-electron chi connectivity index (χ0n) is 9.37. The average molecular weight is 198 g/mol. The van der Waals surface area contributed by atoms with Gasteiger partial charge in [0.25, 0.3) is 0 Å². The maximum Gasteiger partial charge on any atom is 0.154 e. The molecule has 0 N–H and O–H groups in total. The lowest BCUT2D eigenvalue weighted by Gasteiger charge is -2.36. The molecular weight excluding hydrogens is 176 g/mol. The number of hydrogen-bond donors (Lipinski definition) is 0. The predicted octanol–water partition coefficient (Wildman–Crippen LogP) is 2.82. The molecule has 14 heavy (non-hydrogen) atoms. The maximum absolute atomic E-state index is 5.56. The Bertz CT molecular complexity index is 173. The first-order valence-corrected chi connectivity index (χ1v) is 5.99. The minimum absolute atomic E-state index is 0.0206. The van der Waals surface area contributed by atoms with Crippen molar-refractivity contribution in [3.63, 3.8) is 0 Å². The summed E-state index contributed by atoms with van der Waals surface area (Å²) in [5, 5.41) is 0. The van der Waals surface area contributed by atoms with Gasteiger partial charge >= 0.3 is 0 Å². The van der Waals surface area contributed by atoms with Crippen molar-refractivity contribution in [1.82, 2.24) is 0 Å². The molecule has 2 rings (SSSR count). The standard InChI is InChI=1S/C12H22O2/c1-9-4-3-5-11(6-9)12-7-13-10(2)14-8-12/h9-12H,3-8H2,1-2H3/t9-,10?,11?,12?/m1/s1. The molecule has 1 heterocycles. The third-order valence-corrected chi connectivity index (χ3v) is 3.73. The molecule has 1 unspecified atom stereocenters. The Hall–Kier alpha value is -0.0800. The van der Waals surface area contributed by atoms with Crippen molar-refractivity contribution in [1.29, 1.82) is 0 Å². The van der Waals surface area contributed by atoms with Gasteiger partial charge in [-0.3, -0.25) is 0 Å². The van der Waals surface area contributed by atoms with Crippen LogP contribution in [0.15, 0.2) is 0 Å². The molecule has 2 fully saturated rings. The number of ether oxygens (including phenoxy) is 2. The van der Waals surface area contributed by atoms with Crippen molar-refractivity contribution in [2.24, 2.45) is 17.8 Å². The Labute approximate surface area is 87.0 Å². The molecule has 2 atom stereocenters. The molecule has 0 amide bonds. The van der Waals surface area contributed by atoms with E-state index in [2.05, 4.69) is 6.92 Å². The summed E-state index contributed by atoms with van der Waals surface area (Å²) < 4.78 is 11.1. The molecule has 0 spiro atoms. The van der Waals surface area contributed by atoms with E-state index in [1.54, 1.807) is 0 Å². The second-order valence-corrected chi connectivity index (χ2v) is 5.03. The topological polar surface area (TPSA) is 18.5 Å². The van der Waals surface area contributed by atoms with E-state index in [4.69, 9.17) is 9.47 Å². The lowest BCUT2D eigenvalue weighted by molar-refractivity contribution is -0.200. The van der Waals surface area contributed by atoms with Crippen molar-refractivity contribution < 1.29 is 9.47 Å². The summed E-state index contributed by atoms with van der Waals surface area (Å²) in [5.74, 6) is 2.42. The lowest BCUT2D eigenvalue weighted by atomic mass is 9.76. The fraction of sp³-hybridized carbons (Fsp3) is 1.00. The van der Waals surface area contributed by atoms with E-state index in [0.29, 0.717) is 5.92 Å². The van der Waals surface area contributed by atoms with Gasteiger partial charge in [-0.25, -0.2) is 0 Å². The molecule has 2 nitrogen and oxygen atoms in total. The van der Waals surface area contributed by atoms with Gasteiger partial charge in [0.15, 0.2) is 6.29 Å². The molecule has 0 aromatic heterocycles. The SMILES string of the molecule is CC1OCC(C2CCC[C@@H](C)C2)CO1. The Morgan fingerprint density at radius 2 is 1.64 bits per heavy atom. The third-order valence-electron chi connectivity index (χ3n) is 3.73. The molecule has 0 aromatic rings. The number of rotatable bonds is 1. The second kappa shape index (κ2) is 4.63. The molecule has 0 radical (unpaired) electrons. The Morgan fingerprint density at radius 3 is 2.29 bits per heavy atom. The highest BCUT2D eigenvalue weighted by Gasteiger charge is 2.30. The van der Waals surface area contributed by atoms with Gasteiger partial charge in [-0.2, -0.15) is 0 Å². The van der Waals surface area contributed by atoms with E-state index >= 15 is 0 Å². The molecule has 82 valence electrons. The van der Waals surface area contributed by atoms with E-state index in [1.165, 1.54) is 25.7 Å². The van der Waals surface area contributed by atoms with Crippen LogP contribution in [0.1, 0.15) is 39.5 Å². The summed E-state index contributed by atoms with van der Waals surface area (Å²) in [6.45, 7) is 6.19. The van der Waals surface area contributed by atoms with Crippen LogP contribution in [-0.2, 0) is 9.47 Å². The van der Waals surface area contributed by atoms with Crippen LogP contribution < -0.4 is 0 Å². The Morgan fingerprint density at radius 1 is 0.929 bits per heavy atom. The predicted molar refractivity (Wildman–Crippen MR) is 56.0 cm³/mol. The zero-order valence-corrected chi connectivity index (χ0v) is 9.37. The first-order chi connectivity index (χ1) is 6.75. The van der Waals surface area contributed by atoms with Gasteiger partial charge in [0, 0.05) is 5.92 Å². The molecule has 2 aliphatic rings. The van der Waals surface area contributed by atoms with Crippen LogP contribution in [0.25, 0.3) is 0 Å². The van der Waals surface area contributed by atoms with Gasteiger partial charge < -0.3 is 9.47 Å². The van der Waals surface area contributed by atoms with Crippen molar-refractivity contribution in [3.05, 3.63) is 0 Å². The largest absolute Gasteiger partial charge is 0.353 e. The van der Waals surface area contributed by atoms with Crippen molar-refractivity contribution >= 4 is 0 Å². The van der Waals surface area contributed by atoms with Gasteiger partial charge in [-0.05, 0) is 31.6 Å². The van der Waals surface area contributed by atoms with Crippen LogP contribution >= 0.6 is 0 Å². The summed E-state index contributed by atoms with van der Waals surface area (Å²) in [6, 6.07) is 0. The molecule has 1 saturated heterocycles. The molecule has 0 aromatic carbocycles. The summed E-state index contributed by atoms with van der Waals surface area (Å²) in [7, 11) is 0. The molecule has 1 aliphatic heterocycles. The van der Waals surface area contributed by atoms with Crippen LogP contribution in [0.4, 0.5) is 0 Å². The third kappa shape index (κ3) is 2.48. The van der Waals surface area contributed by atoms with Gasteiger partial charge in [-0.15, -0.1) is 0 Å². The molecule has 1 saturated carbocycles. The minimum atomic E-state index is 0.0206. The Balaban J connectivity index is 1.82. The van der Waals surface area contributed by atoms with Crippen LogP contribution in [-0.4, -0.2) is 19.5 Å². The first-order valence-electron chi connectivity index (χ1n) is 5.99. The normalized spacial score (nSPS) is 45.0. The van der Waals surface area contributed by atoms with Crippen molar-refractivity contribution in [2.45, 2.75) is 45.8 Å². The molecular formula is C12H22O2.